The van der Waals surface area contributed by atoms with Gasteiger partial charge in [0.2, 0.25) is 15.8 Å². The third-order valence-corrected chi connectivity index (χ3v) is 9.42. The number of nitrogens with zero attached hydrogens (tertiary/aromatic N) is 5. The molecule has 9 nitrogen and oxygen atoms in total. The monoisotopic (exact) mass is 543 g/mol. The van der Waals surface area contributed by atoms with Gasteiger partial charge in [0.25, 0.3) is 0 Å². The van der Waals surface area contributed by atoms with Crippen LogP contribution in [0.25, 0.3) is 5.69 Å². The van der Waals surface area contributed by atoms with E-state index >= 15 is 0 Å². The lowest BCUT2D eigenvalue weighted by atomic mass is 9.94. The second-order valence-electron chi connectivity index (χ2n) is 9.58. The molecule has 1 aromatic carbocycles. The summed E-state index contributed by atoms with van der Waals surface area (Å²) in [7, 11) is -3.35. The molecule has 3 aromatic rings. The number of hydrogen-bond acceptors (Lipinski definition) is 7. The van der Waals surface area contributed by atoms with Gasteiger partial charge >= 0.3 is 5.56 Å². The molecule has 1 saturated heterocycles. The summed E-state index contributed by atoms with van der Waals surface area (Å²) in [6.07, 6.45) is 5.58. The molecule has 0 bridgehead atoms. The van der Waals surface area contributed by atoms with Gasteiger partial charge in [0.1, 0.15) is 11.8 Å². The Morgan fingerprint density at radius 3 is 2.62 bits per heavy atom. The summed E-state index contributed by atoms with van der Waals surface area (Å²) in [6, 6.07) is 10.9. The smallest absolute Gasteiger partial charge is 0.316 e. The molecule has 1 aliphatic heterocycles. The van der Waals surface area contributed by atoms with Crippen molar-refractivity contribution < 1.29 is 13.2 Å². The van der Waals surface area contributed by atoms with Gasteiger partial charge < -0.3 is 9.64 Å². The standard InChI is InChI=1S/C26H30ClN5O4S/c1-18(2)37(34,35)31-14-12-30(13-15-31)22-17-29-32(21-9-4-8-20(27)16-21)26(33)25(22)36-23-10-3-6-19-7-5-11-28-24(19)23/h4-5,7-9,11,16-18,23H,3,6,10,12-15H2,1-2H3. The SMILES string of the molecule is CC(C)S(=O)(=O)N1CCN(c2cnn(-c3cccc(Cl)c3)c(=O)c2OC2CCCc3cccnc32)CC1. The van der Waals surface area contributed by atoms with Crippen LogP contribution in [0, 0.1) is 0 Å². The van der Waals surface area contributed by atoms with E-state index in [-0.39, 0.29) is 11.9 Å². The van der Waals surface area contributed by atoms with E-state index in [2.05, 4.69) is 10.1 Å². The van der Waals surface area contributed by atoms with Crippen molar-refractivity contribution >= 4 is 27.3 Å². The summed E-state index contributed by atoms with van der Waals surface area (Å²) in [5.41, 5.74) is 2.65. The van der Waals surface area contributed by atoms with Crippen molar-refractivity contribution in [2.24, 2.45) is 0 Å². The number of pyridine rings is 1. The Kier molecular flexibility index (Phi) is 7.24. The highest BCUT2D eigenvalue weighted by atomic mass is 35.5. The Morgan fingerprint density at radius 2 is 1.89 bits per heavy atom. The Labute approximate surface area is 221 Å². The zero-order valence-corrected chi connectivity index (χ0v) is 22.5. The van der Waals surface area contributed by atoms with Crippen LogP contribution < -0.4 is 15.2 Å². The number of aromatic nitrogens is 3. The summed E-state index contributed by atoms with van der Waals surface area (Å²) < 4.78 is 34.6. The minimum Gasteiger partial charge on any atom is -0.476 e. The molecule has 196 valence electrons. The Morgan fingerprint density at radius 1 is 1.11 bits per heavy atom. The number of anilines is 1. The number of ether oxygens (including phenoxy) is 1. The zero-order valence-electron chi connectivity index (χ0n) is 20.9. The molecule has 5 rings (SSSR count). The quantitative estimate of drug-likeness (QED) is 0.468. The third-order valence-electron chi connectivity index (χ3n) is 6.91. The van der Waals surface area contributed by atoms with Crippen LogP contribution in [-0.2, 0) is 16.4 Å². The van der Waals surface area contributed by atoms with Gasteiger partial charge in [-0.15, -0.1) is 0 Å². The van der Waals surface area contributed by atoms with Crippen LogP contribution in [0.1, 0.15) is 44.1 Å². The molecular weight excluding hydrogens is 514 g/mol. The summed E-state index contributed by atoms with van der Waals surface area (Å²) in [6.45, 7) is 4.86. The molecular formula is C26H30ClN5O4S. The van der Waals surface area contributed by atoms with E-state index < -0.39 is 20.8 Å². The van der Waals surface area contributed by atoms with Crippen molar-refractivity contribution in [2.75, 3.05) is 31.1 Å². The largest absolute Gasteiger partial charge is 0.476 e. The van der Waals surface area contributed by atoms with Crippen molar-refractivity contribution in [3.63, 3.8) is 0 Å². The van der Waals surface area contributed by atoms with Gasteiger partial charge in [0.15, 0.2) is 0 Å². The van der Waals surface area contributed by atoms with E-state index in [1.54, 1.807) is 50.5 Å². The maximum absolute atomic E-state index is 13.8. The topological polar surface area (TPSA) is 97.6 Å². The van der Waals surface area contributed by atoms with Crippen LogP contribution in [0.15, 0.2) is 53.6 Å². The summed E-state index contributed by atoms with van der Waals surface area (Å²) in [5, 5.41) is 4.44. The minimum absolute atomic E-state index is 0.179. The highest BCUT2D eigenvalue weighted by molar-refractivity contribution is 7.89. The van der Waals surface area contributed by atoms with Crippen molar-refractivity contribution in [2.45, 2.75) is 44.5 Å². The first-order valence-corrected chi connectivity index (χ1v) is 14.4. The predicted molar refractivity (Wildman–Crippen MR) is 143 cm³/mol. The van der Waals surface area contributed by atoms with Crippen LogP contribution in [0.2, 0.25) is 5.02 Å². The highest BCUT2D eigenvalue weighted by Gasteiger charge is 2.32. The lowest BCUT2D eigenvalue weighted by Crippen LogP contribution is -2.50. The lowest BCUT2D eigenvalue weighted by molar-refractivity contribution is 0.175. The Bertz CT molecular complexity index is 1450. The van der Waals surface area contributed by atoms with Crippen LogP contribution >= 0.6 is 11.6 Å². The first-order valence-electron chi connectivity index (χ1n) is 12.5. The molecule has 0 spiro atoms. The molecule has 1 unspecified atom stereocenters. The van der Waals surface area contributed by atoms with Crippen LogP contribution in [-0.4, -0.2) is 58.9 Å². The van der Waals surface area contributed by atoms with E-state index in [0.717, 1.165) is 30.5 Å². The van der Waals surface area contributed by atoms with Crippen molar-refractivity contribution in [1.29, 1.82) is 0 Å². The van der Waals surface area contributed by atoms with Crippen molar-refractivity contribution in [3.05, 3.63) is 75.4 Å². The second kappa shape index (κ2) is 10.4. The van der Waals surface area contributed by atoms with Gasteiger partial charge in [-0.1, -0.05) is 23.7 Å². The van der Waals surface area contributed by atoms with Crippen molar-refractivity contribution in [3.8, 4) is 11.4 Å². The van der Waals surface area contributed by atoms with Gasteiger partial charge in [-0.3, -0.25) is 9.78 Å². The molecule has 1 aliphatic carbocycles. The maximum atomic E-state index is 13.8. The summed E-state index contributed by atoms with van der Waals surface area (Å²) in [5.74, 6) is 0.179. The number of sulfonamides is 1. The van der Waals surface area contributed by atoms with Gasteiger partial charge in [-0.05, 0) is 62.9 Å². The van der Waals surface area contributed by atoms with Gasteiger partial charge in [0, 0.05) is 37.4 Å². The average Bonchev–Trinajstić information content (AvgIpc) is 2.90. The Hall–Kier alpha value is -2.95. The fourth-order valence-corrected chi connectivity index (χ4v) is 6.32. The van der Waals surface area contributed by atoms with E-state index in [1.807, 2.05) is 17.0 Å². The number of fused-ring (bicyclic) bond motifs is 1. The fraction of sp³-hybridized carbons (Fsp3) is 0.423. The van der Waals surface area contributed by atoms with Gasteiger partial charge in [-0.25, -0.2) is 8.42 Å². The first kappa shape index (κ1) is 25.7. The molecule has 11 heteroatoms. The normalized spacial score (nSPS) is 18.6. The fourth-order valence-electron chi connectivity index (χ4n) is 4.86. The number of aryl methyl sites for hydroxylation is 1. The number of halogens is 1. The first-order chi connectivity index (χ1) is 17.8. The average molecular weight is 544 g/mol. The van der Waals surface area contributed by atoms with E-state index in [1.165, 1.54) is 8.99 Å². The second-order valence-corrected chi connectivity index (χ2v) is 12.5. The lowest BCUT2D eigenvalue weighted by Gasteiger charge is -2.37. The number of benzene rings is 1. The van der Waals surface area contributed by atoms with E-state index in [4.69, 9.17) is 16.3 Å². The summed E-state index contributed by atoms with van der Waals surface area (Å²) >= 11 is 6.18. The molecule has 1 fully saturated rings. The third kappa shape index (κ3) is 5.10. The van der Waals surface area contributed by atoms with E-state index in [0.29, 0.717) is 42.6 Å². The molecule has 3 heterocycles. The predicted octanol–water partition coefficient (Wildman–Crippen LogP) is 3.60. The van der Waals surface area contributed by atoms with Crippen LogP contribution in [0.5, 0.6) is 5.75 Å². The van der Waals surface area contributed by atoms with Crippen LogP contribution in [0.3, 0.4) is 0 Å². The Balaban J connectivity index is 1.52. The highest BCUT2D eigenvalue weighted by Crippen LogP contribution is 2.35. The molecule has 37 heavy (non-hydrogen) atoms. The molecule has 2 aromatic heterocycles. The molecule has 0 radical (unpaired) electrons. The number of hydrogen-bond donors (Lipinski definition) is 0. The maximum Gasteiger partial charge on any atom is 0.316 e. The van der Waals surface area contributed by atoms with Gasteiger partial charge in [0.05, 0.1) is 22.8 Å². The summed E-state index contributed by atoms with van der Waals surface area (Å²) in [4.78, 5) is 20.4. The molecule has 0 saturated carbocycles. The van der Waals surface area contributed by atoms with Crippen molar-refractivity contribution in [1.82, 2.24) is 19.1 Å². The van der Waals surface area contributed by atoms with Crippen LogP contribution in [0.4, 0.5) is 5.69 Å². The van der Waals surface area contributed by atoms with E-state index in [9.17, 15) is 13.2 Å². The van der Waals surface area contributed by atoms with Gasteiger partial charge in [-0.2, -0.15) is 14.1 Å². The minimum atomic E-state index is -3.35. The number of rotatable bonds is 6. The molecule has 0 N–H and O–H groups in total. The molecule has 2 aliphatic rings. The molecule has 0 amide bonds. The number of piperazine rings is 1. The molecule has 1 atom stereocenters. The zero-order chi connectivity index (χ0) is 26.2.